The van der Waals surface area contributed by atoms with E-state index in [0.29, 0.717) is 17.2 Å². The van der Waals surface area contributed by atoms with Crippen LogP contribution in [0, 0.1) is 5.82 Å². The summed E-state index contributed by atoms with van der Waals surface area (Å²) in [5, 5.41) is 3.99. The number of nitrogens with zero attached hydrogens (tertiary/aromatic N) is 3. The van der Waals surface area contributed by atoms with Gasteiger partial charge in [-0.2, -0.15) is 0 Å². The normalized spacial score (nSPS) is 10.9. The lowest BCUT2D eigenvalue weighted by Crippen LogP contribution is -1.95. The van der Waals surface area contributed by atoms with Gasteiger partial charge < -0.3 is 10.3 Å². The summed E-state index contributed by atoms with van der Waals surface area (Å²) in [6, 6.07) is 12.0. The predicted octanol–water partition coefficient (Wildman–Crippen LogP) is 4.56. The van der Waals surface area contributed by atoms with Gasteiger partial charge >= 0.3 is 0 Å². The van der Waals surface area contributed by atoms with Crippen molar-refractivity contribution in [3.05, 3.63) is 65.8 Å². The zero-order valence-corrected chi connectivity index (χ0v) is 13.0. The van der Waals surface area contributed by atoms with Crippen molar-refractivity contribution < 1.29 is 4.39 Å². The monoisotopic (exact) mass is 339 g/mol. The summed E-state index contributed by atoms with van der Waals surface area (Å²) in [5.41, 5.74) is 2.97. The van der Waals surface area contributed by atoms with Crippen molar-refractivity contribution in [2.24, 2.45) is 0 Å². The molecule has 118 valence electrons. The van der Waals surface area contributed by atoms with E-state index in [4.69, 9.17) is 11.6 Å². The minimum atomic E-state index is -0.464. The predicted molar refractivity (Wildman–Crippen MR) is 91.8 cm³/mol. The Kier molecular flexibility index (Phi) is 3.59. The lowest BCUT2D eigenvalue weighted by atomic mass is 10.2. The third kappa shape index (κ3) is 2.68. The van der Waals surface area contributed by atoms with Crippen molar-refractivity contribution in [1.29, 1.82) is 0 Å². The van der Waals surface area contributed by atoms with Crippen LogP contribution in [0.3, 0.4) is 0 Å². The summed E-state index contributed by atoms with van der Waals surface area (Å²) in [5.74, 6) is 0.134. The molecule has 0 spiro atoms. The Morgan fingerprint density at radius 1 is 1.04 bits per heavy atom. The van der Waals surface area contributed by atoms with Crippen LogP contribution in [-0.4, -0.2) is 19.9 Å². The molecule has 24 heavy (non-hydrogen) atoms. The van der Waals surface area contributed by atoms with Crippen molar-refractivity contribution in [2.45, 2.75) is 0 Å². The van der Waals surface area contributed by atoms with Gasteiger partial charge in [-0.05, 0) is 36.4 Å². The van der Waals surface area contributed by atoms with Gasteiger partial charge in [-0.3, -0.25) is 4.98 Å². The van der Waals surface area contributed by atoms with Crippen LogP contribution in [0.1, 0.15) is 0 Å². The number of aromatic nitrogens is 4. The summed E-state index contributed by atoms with van der Waals surface area (Å²) in [6.45, 7) is 0. The molecule has 1 aromatic carbocycles. The van der Waals surface area contributed by atoms with Crippen molar-refractivity contribution >= 4 is 34.1 Å². The number of aromatic amines is 1. The van der Waals surface area contributed by atoms with E-state index in [1.54, 1.807) is 12.3 Å². The van der Waals surface area contributed by atoms with E-state index in [1.165, 1.54) is 18.5 Å². The molecule has 7 heteroatoms. The Morgan fingerprint density at radius 2 is 1.96 bits per heavy atom. The number of benzene rings is 1. The molecule has 0 bridgehead atoms. The van der Waals surface area contributed by atoms with E-state index in [-0.39, 0.29) is 5.02 Å². The first-order chi connectivity index (χ1) is 11.7. The molecular weight excluding hydrogens is 329 g/mol. The molecule has 2 N–H and O–H groups in total. The van der Waals surface area contributed by atoms with Gasteiger partial charge in [0.1, 0.15) is 23.6 Å². The van der Waals surface area contributed by atoms with Gasteiger partial charge in [0.2, 0.25) is 0 Å². The van der Waals surface area contributed by atoms with Crippen LogP contribution in [0.2, 0.25) is 5.02 Å². The topological polar surface area (TPSA) is 66.5 Å². The number of hydrogen-bond acceptors (Lipinski definition) is 4. The van der Waals surface area contributed by atoms with E-state index in [0.717, 1.165) is 16.8 Å². The second-order valence-electron chi connectivity index (χ2n) is 5.14. The minimum Gasteiger partial charge on any atom is -0.340 e. The largest absolute Gasteiger partial charge is 0.340 e. The molecule has 0 aliphatic carbocycles. The number of halogens is 2. The smallest absolute Gasteiger partial charge is 0.143 e. The second-order valence-corrected chi connectivity index (χ2v) is 5.54. The third-order valence-electron chi connectivity index (χ3n) is 3.55. The van der Waals surface area contributed by atoms with Crippen LogP contribution in [0.5, 0.6) is 0 Å². The molecule has 0 saturated carbocycles. The van der Waals surface area contributed by atoms with Crippen LogP contribution in [-0.2, 0) is 0 Å². The van der Waals surface area contributed by atoms with Crippen molar-refractivity contribution in [1.82, 2.24) is 19.9 Å². The zero-order chi connectivity index (χ0) is 16.5. The maximum atomic E-state index is 13.3. The third-order valence-corrected chi connectivity index (χ3v) is 3.84. The number of pyridine rings is 1. The van der Waals surface area contributed by atoms with Gasteiger partial charge in [0.15, 0.2) is 0 Å². The van der Waals surface area contributed by atoms with Gasteiger partial charge in [0, 0.05) is 11.9 Å². The average molecular weight is 340 g/mol. The first-order valence-electron chi connectivity index (χ1n) is 7.18. The lowest BCUT2D eigenvalue weighted by Gasteiger charge is -2.06. The lowest BCUT2D eigenvalue weighted by molar-refractivity contribution is 0.628. The molecule has 5 nitrogen and oxygen atoms in total. The molecule has 0 aliphatic heterocycles. The van der Waals surface area contributed by atoms with E-state index in [2.05, 4.69) is 25.3 Å². The number of H-pyrrole nitrogens is 1. The fraction of sp³-hybridized carbons (Fsp3) is 0. The van der Waals surface area contributed by atoms with Crippen molar-refractivity contribution in [3.63, 3.8) is 0 Å². The van der Waals surface area contributed by atoms with E-state index in [9.17, 15) is 4.39 Å². The van der Waals surface area contributed by atoms with Gasteiger partial charge in [-0.1, -0.05) is 17.7 Å². The Hall–Kier alpha value is -2.99. The number of hydrogen-bond donors (Lipinski definition) is 2. The molecule has 0 radical (unpaired) electrons. The fourth-order valence-corrected chi connectivity index (χ4v) is 2.59. The van der Waals surface area contributed by atoms with Crippen molar-refractivity contribution in [3.8, 4) is 11.4 Å². The summed E-state index contributed by atoms with van der Waals surface area (Å²) in [7, 11) is 0. The average Bonchev–Trinajstić information content (AvgIpc) is 3.04. The second kappa shape index (κ2) is 5.90. The number of rotatable bonds is 3. The molecule has 3 aromatic heterocycles. The van der Waals surface area contributed by atoms with Crippen LogP contribution in [0.15, 0.2) is 55.0 Å². The molecule has 0 atom stereocenters. The molecule has 0 amide bonds. The highest BCUT2D eigenvalue weighted by molar-refractivity contribution is 6.31. The molecule has 0 unspecified atom stereocenters. The van der Waals surface area contributed by atoms with E-state index in [1.807, 2.05) is 24.3 Å². The quantitative estimate of drug-likeness (QED) is 0.574. The summed E-state index contributed by atoms with van der Waals surface area (Å²) < 4.78 is 13.3. The molecule has 0 aliphatic rings. The van der Waals surface area contributed by atoms with Crippen LogP contribution in [0.4, 0.5) is 15.9 Å². The highest BCUT2D eigenvalue weighted by Crippen LogP contribution is 2.28. The molecule has 0 fully saturated rings. The number of nitrogens with one attached hydrogen (secondary N) is 2. The zero-order valence-electron chi connectivity index (χ0n) is 12.3. The number of anilines is 2. The Labute approximate surface area is 141 Å². The highest BCUT2D eigenvalue weighted by atomic mass is 35.5. The number of fused-ring (bicyclic) bond motifs is 1. The van der Waals surface area contributed by atoms with Gasteiger partial charge in [0.25, 0.3) is 0 Å². The highest BCUT2D eigenvalue weighted by Gasteiger charge is 2.11. The maximum absolute atomic E-state index is 13.3. The standard InChI is InChI=1S/C17H11ClFN5/c18-12-7-10(4-5-13(12)19)23-16-11-8-15(14-3-1-2-6-20-14)24-17(11)22-9-21-16/h1-9H,(H2,21,22,23,24). The van der Waals surface area contributed by atoms with E-state index >= 15 is 0 Å². The van der Waals surface area contributed by atoms with Gasteiger partial charge in [0.05, 0.1) is 21.8 Å². The minimum absolute atomic E-state index is 0.0496. The first kappa shape index (κ1) is 14.6. The Balaban J connectivity index is 1.76. The summed E-state index contributed by atoms with van der Waals surface area (Å²) >= 11 is 5.82. The van der Waals surface area contributed by atoms with Crippen LogP contribution < -0.4 is 5.32 Å². The van der Waals surface area contributed by atoms with E-state index < -0.39 is 5.82 Å². The Morgan fingerprint density at radius 3 is 2.75 bits per heavy atom. The molecule has 4 aromatic rings. The van der Waals surface area contributed by atoms with Gasteiger partial charge in [-0.25, -0.2) is 14.4 Å². The molecule has 3 heterocycles. The van der Waals surface area contributed by atoms with Crippen LogP contribution >= 0.6 is 11.6 Å². The first-order valence-corrected chi connectivity index (χ1v) is 7.56. The SMILES string of the molecule is Fc1ccc(Nc2ncnc3[nH]c(-c4ccccn4)cc23)cc1Cl. The van der Waals surface area contributed by atoms with Gasteiger partial charge in [-0.15, -0.1) is 0 Å². The summed E-state index contributed by atoms with van der Waals surface area (Å²) in [6.07, 6.45) is 3.18. The molecule has 0 saturated heterocycles. The summed E-state index contributed by atoms with van der Waals surface area (Å²) in [4.78, 5) is 16.0. The maximum Gasteiger partial charge on any atom is 0.143 e. The Bertz CT molecular complexity index is 1020. The van der Waals surface area contributed by atoms with Crippen molar-refractivity contribution in [2.75, 3.05) is 5.32 Å². The molecule has 4 rings (SSSR count). The molecular formula is C17H11ClFN5. The van der Waals surface area contributed by atoms with Crippen LogP contribution in [0.25, 0.3) is 22.4 Å². The fourth-order valence-electron chi connectivity index (χ4n) is 2.41.